The first kappa shape index (κ1) is 10.8. The van der Waals surface area contributed by atoms with Crippen molar-refractivity contribution in [3.63, 3.8) is 0 Å². The molecule has 0 aromatic carbocycles. The van der Waals surface area contributed by atoms with Crippen LogP contribution in [0.4, 0.5) is 0 Å². The lowest BCUT2D eigenvalue weighted by Crippen LogP contribution is -2.46. The molecular formula is C9H12O5S. The molecule has 5 nitrogen and oxygen atoms in total. The van der Waals surface area contributed by atoms with Crippen LogP contribution in [0.2, 0.25) is 0 Å². The Morgan fingerprint density at radius 1 is 1.67 bits per heavy atom. The van der Waals surface area contributed by atoms with Crippen molar-refractivity contribution in [3.05, 3.63) is 0 Å². The monoisotopic (exact) mass is 232 g/mol. The van der Waals surface area contributed by atoms with Gasteiger partial charge in [-0.25, -0.2) is 0 Å². The first-order valence-corrected chi connectivity index (χ1v) is 5.79. The summed E-state index contributed by atoms with van der Waals surface area (Å²) in [4.78, 5) is 21.8. The summed E-state index contributed by atoms with van der Waals surface area (Å²) in [5, 5.41) is 18.9. The molecular weight excluding hydrogens is 220 g/mol. The van der Waals surface area contributed by atoms with Gasteiger partial charge in [0.25, 0.3) is 0 Å². The van der Waals surface area contributed by atoms with E-state index < -0.39 is 24.0 Å². The molecule has 84 valence electrons. The number of carboxylic acid groups (broad SMARTS) is 1. The standard InChI is InChI=1S/C9H12O5S/c10-7(11)2-9(13)1-5(6-4-15-6)14-8(12)3-9/h5-6,13H,1-4H2,(H,10,11). The first-order chi connectivity index (χ1) is 6.98. The van der Waals surface area contributed by atoms with E-state index in [9.17, 15) is 14.7 Å². The minimum Gasteiger partial charge on any atom is -0.481 e. The van der Waals surface area contributed by atoms with Crippen LogP contribution < -0.4 is 0 Å². The molecule has 0 amide bonds. The number of carbonyl (C=O) groups excluding carboxylic acids is 1. The fraction of sp³-hybridized carbons (Fsp3) is 0.778. The van der Waals surface area contributed by atoms with Gasteiger partial charge < -0.3 is 14.9 Å². The molecule has 3 unspecified atom stereocenters. The number of carboxylic acids is 1. The SMILES string of the molecule is O=C(O)CC1(O)CC(=O)OC(C2CS2)C1. The van der Waals surface area contributed by atoms with Gasteiger partial charge in [-0.05, 0) is 0 Å². The van der Waals surface area contributed by atoms with Gasteiger partial charge in [0.1, 0.15) is 6.10 Å². The Bertz CT molecular complexity index is 297. The summed E-state index contributed by atoms with van der Waals surface area (Å²) in [6, 6.07) is 0. The lowest BCUT2D eigenvalue weighted by molar-refractivity contribution is -0.172. The smallest absolute Gasteiger partial charge is 0.309 e. The topological polar surface area (TPSA) is 83.8 Å². The molecule has 2 aliphatic rings. The molecule has 2 rings (SSSR count). The summed E-state index contributed by atoms with van der Waals surface area (Å²) >= 11 is 1.66. The summed E-state index contributed by atoms with van der Waals surface area (Å²) in [6.07, 6.45) is -0.688. The number of thioether (sulfide) groups is 1. The molecule has 0 spiro atoms. The van der Waals surface area contributed by atoms with Crippen molar-refractivity contribution in [2.75, 3.05) is 5.75 Å². The molecule has 2 N–H and O–H groups in total. The Kier molecular flexibility index (Phi) is 2.64. The van der Waals surface area contributed by atoms with Crippen LogP contribution in [-0.2, 0) is 14.3 Å². The minimum absolute atomic E-state index is 0.215. The fourth-order valence-corrected chi connectivity index (χ4v) is 2.55. The zero-order valence-corrected chi connectivity index (χ0v) is 8.83. The van der Waals surface area contributed by atoms with Crippen molar-refractivity contribution < 1.29 is 24.5 Å². The number of cyclic esters (lactones) is 1. The molecule has 15 heavy (non-hydrogen) atoms. The number of aliphatic hydroxyl groups is 1. The average Bonchev–Trinajstić information content (AvgIpc) is 2.79. The van der Waals surface area contributed by atoms with E-state index >= 15 is 0 Å². The van der Waals surface area contributed by atoms with Crippen molar-refractivity contribution in [3.8, 4) is 0 Å². The summed E-state index contributed by atoms with van der Waals surface area (Å²) < 4.78 is 5.07. The van der Waals surface area contributed by atoms with Crippen molar-refractivity contribution in [1.82, 2.24) is 0 Å². The van der Waals surface area contributed by atoms with Gasteiger partial charge in [-0.15, -0.1) is 0 Å². The molecule has 0 aromatic rings. The van der Waals surface area contributed by atoms with Crippen molar-refractivity contribution in [1.29, 1.82) is 0 Å². The second kappa shape index (κ2) is 3.68. The highest BCUT2D eigenvalue weighted by Gasteiger charge is 2.47. The maximum absolute atomic E-state index is 11.2. The highest BCUT2D eigenvalue weighted by Crippen LogP contribution is 2.41. The van der Waals surface area contributed by atoms with Crippen LogP contribution in [0.1, 0.15) is 19.3 Å². The lowest BCUT2D eigenvalue weighted by Gasteiger charge is -2.34. The van der Waals surface area contributed by atoms with Crippen LogP contribution >= 0.6 is 11.8 Å². The zero-order valence-electron chi connectivity index (χ0n) is 8.01. The summed E-state index contributed by atoms with van der Waals surface area (Å²) in [5.41, 5.74) is -1.42. The van der Waals surface area contributed by atoms with Gasteiger partial charge in [0.15, 0.2) is 0 Å². The Hall–Kier alpha value is -0.750. The molecule has 2 aliphatic heterocycles. The van der Waals surface area contributed by atoms with E-state index in [-0.39, 0.29) is 24.2 Å². The Balaban J connectivity index is 2.04. The number of esters is 1. The predicted molar refractivity (Wildman–Crippen MR) is 52.6 cm³/mol. The lowest BCUT2D eigenvalue weighted by atomic mass is 9.86. The van der Waals surface area contributed by atoms with Crippen molar-refractivity contribution in [2.24, 2.45) is 0 Å². The summed E-state index contributed by atoms with van der Waals surface area (Å²) in [6.45, 7) is 0. The van der Waals surface area contributed by atoms with Crippen molar-refractivity contribution in [2.45, 2.75) is 36.2 Å². The average molecular weight is 232 g/mol. The third-order valence-electron chi connectivity index (χ3n) is 2.59. The molecule has 2 heterocycles. The predicted octanol–water partition coefficient (Wildman–Crippen LogP) is 0.0132. The molecule has 0 radical (unpaired) electrons. The number of rotatable bonds is 3. The molecule has 2 fully saturated rings. The summed E-state index contributed by atoms with van der Waals surface area (Å²) in [7, 11) is 0. The number of carbonyl (C=O) groups is 2. The zero-order chi connectivity index (χ0) is 11.1. The highest BCUT2D eigenvalue weighted by molar-refractivity contribution is 8.06. The normalized spacial score (nSPS) is 39.7. The van der Waals surface area contributed by atoms with Gasteiger partial charge in [-0.1, -0.05) is 0 Å². The number of aliphatic carboxylic acids is 1. The second-order valence-electron chi connectivity index (χ2n) is 4.08. The third kappa shape index (κ3) is 2.63. The van der Waals surface area contributed by atoms with Crippen LogP contribution in [-0.4, -0.2) is 44.9 Å². The Morgan fingerprint density at radius 2 is 2.33 bits per heavy atom. The van der Waals surface area contributed by atoms with E-state index in [4.69, 9.17) is 9.84 Å². The number of hydrogen-bond acceptors (Lipinski definition) is 5. The van der Waals surface area contributed by atoms with Crippen LogP contribution in [0.25, 0.3) is 0 Å². The Labute approximate surface area is 90.8 Å². The van der Waals surface area contributed by atoms with Crippen molar-refractivity contribution >= 4 is 23.7 Å². The molecule has 6 heteroatoms. The highest BCUT2D eigenvalue weighted by atomic mass is 32.2. The number of ether oxygens (including phenoxy) is 1. The van der Waals surface area contributed by atoms with E-state index in [1.807, 2.05) is 0 Å². The Morgan fingerprint density at radius 3 is 2.87 bits per heavy atom. The fourth-order valence-electron chi connectivity index (χ4n) is 1.86. The van der Waals surface area contributed by atoms with Crippen LogP contribution in [0, 0.1) is 0 Å². The third-order valence-corrected chi connectivity index (χ3v) is 3.61. The van der Waals surface area contributed by atoms with Gasteiger partial charge in [-0.3, -0.25) is 9.59 Å². The molecule has 0 aliphatic carbocycles. The first-order valence-electron chi connectivity index (χ1n) is 4.74. The van der Waals surface area contributed by atoms with Crippen LogP contribution in [0.5, 0.6) is 0 Å². The number of hydrogen-bond donors (Lipinski definition) is 2. The van der Waals surface area contributed by atoms with Crippen LogP contribution in [0.15, 0.2) is 0 Å². The van der Waals surface area contributed by atoms with Gasteiger partial charge in [0.05, 0.1) is 23.7 Å². The van der Waals surface area contributed by atoms with E-state index in [1.54, 1.807) is 11.8 Å². The molecule has 0 aromatic heterocycles. The molecule has 3 atom stereocenters. The van der Waals surface area contributed by atoms with E-state index in [0.29, 0.717) is 0 Å². The van der Waals surface area contributed by atoms with E-state index in [1.165, 1.54) is 0 Å². The van der Waals surface area contributed by atoms with Crippen LogP contribution in [0.3, 0.4) is 0 Å². The van der Waals surface area contributed by atoms with Gasteiger partial charge in [0, 0.05) is 12.2 Å². The molecule has 0 bridgehead atoms. The van der Waals surface area contributed by atoms with E-state index in [2.05, 4.69) is 0 Å². The van der Waals surface area contributed by atoms with Gasteiger partial charge >= 0.3 is 11.9 Å². The van der Waals surface area contributed by atoms with Gasteiger partial charge in [-0.2, -0.15) is 11.8 Å². The van der Waals surface area contributed by atoms with Gasteiger partial charge in [0.2, 0.25) is 0 Å². The van der Waals surface area contributed by atoms with E-state index in [0.717, 1.165) is 5.75 Å². The maximum Gasteiger partial charge on any atom is 0.309 e. The minimum atomic E-state index is -1.42. The summed E-state index contributed by atoms with van der Waals surface area (Å²) in [5.74, 6) is -0.668. The maximum atomic E-state index is 11.2. The quantitative estimate of drug-likeness (QED) is 0.527. The molecule has 2 saturated heterocycles. The second-order valence-corrected chi connectivity index (χ2v) is 5.35. The molecule has 0 saturated carbocycles. The largest absolute Gasteiger partial charge is 0.481 e.